The van der Waals surface area contributed by atoms with Gasteiger partial charge in [0.1, 0.15) is 23.9 Å². The Morgan fingerprint density at radius 1 is 1.02 bits per heavy atom. The van der Waals surface area contributed by atoms with E-state index in [4.69, 9.17) is 14.2 Å². The van der Waals surface area contributed by atoms with Crippen molar-refractivity contribution in [2.75, 3.05) is 13.7 Å². The number of nitrogens with zero attached hydrogens (tertiary/aromatic N) is 3. The number of aromatic nitrogens is 2. The number of nitriles is 1. The number of aryl methyl sites for hydroxylation is 2. The van der Waals surface area contributed by atoms with Gasteiger partial charge in [0.15, 0.2) is 0 Å². The molecule has 1 aliphatic carbocycles. The minimum Gasteiger partial charge on any atom is -0.492 e. The van der Waals surface area contributed by atoms with Gasteiger partial charge in [0.25, 0.3) is 0 Å². The third-order valence-electron chi connectivity index (χ3n) is 7.93. The molecule has 0 saturated carbocycles. The molecule has 0 unspecified atom stereocenters. The first-order valence-electron chi connectivity index (χ1n) is 13.4. The quantitative estimate of drug-likeness (QED) is 0.266. The fourth-order valence-electron chi connectivity index (χ4n) is 6.09. The standard InChI is InChI=1S/C33H29N3O4/c1-19-10-22(24-15-35-18-36-16-24)11-20(2)32(19)33-21(14-34)4-6-27-28(33)8-9-29(27)40-25-5-7-26-23(12-31(37)38-3)17-39-30(26)13-25/h4-7,10-11,13,15-16,18,23,29H,8-9,12,17H2,1-3H3/t23-,29-/m1/s1. The van der Waals surface area contributed by atoms with Gasteiger partial charge in [-0.1, -0.05) is 24.3 Å². The van der Waals surface area contributed by atoms with Crippen molar-refractivity contribution in [2.45, 2.75) is 45.1 Å². The highest BCUT2D eigenvalue weighted by Gasteiger charge is 2.31. The van der Waals surface area contributed by atoms with Gasteiger partial charge in [-0.3, -0.25) is 4.79 Å². The van der Waals surface area contributed by atoms with Crippen molar-refractivity contribution in [3.63, 3.8) is 0 Å². The lowest BCUT2D eigenvalue weighted by molar-refractivity contribution is -0.141. The normalized spacial score (nSPS) is 16.9. The second-order valence-electron chi connectivity index (χ2n) is 10.4. The van der Waals surface area contributed by atoms with Gasteiger partial charge in [-0.05, 0) is 72.2 Å². The monoisotopic (exact) mass is 531 g/mol. The van der Waals surface area contributed by atoms with Crippen molar-refractivity contribution in [2.24, 2.45) is 0 Å². The summed E-state index contributed by atoms with van der Waals surface area (Å²) in [5, 5.41) is 10.1. The second-order valence-corrected chi connectivity index (χ2v) is 10.4. The highest BCUT2D eigenvalue weighted by Crippen LogP contribution is 2.45. The minimum atomic E-state index is -0.244. The molecule has 2 atom stereocenters. The van der Waals surface area contributed by atoms with Crippen LogP contribution in [0.4, 0.5) is 0 Å². The molecule has 0 N–H and O–H groups in total. The van der Waals surface area contributed by atoms with Gasteiger partial charge >= 0.3 is 5.97 Å². The summed E-state index contributed by atoms with van der Waals surface area (Å²) in [4.78, 5) is 20.1. The maximum Gasteiger partial charge on any atom is 0.306 e. The molecule has 7 heteroatoms. The van der Waals surface area contributed by atoms with Crippen LogP contribution in [0.3, 0.4) is 0 Å². The molecule has 4 aromatic rings. The van der Waals surface area contributed by atoms with Crippen molar-refractivity contribution in [1.82, 2.24) is 9.97 Å². The first kappa shape index (κ1) is 25.6. The Bertz CT molecular complexity index is 1640. The molecule has 1 aliphatic heterocycles. The number of rotatable bonds is 6. The van der Waals surface area contributed by atoms with E-state index in [9.17, 15) is 10.1 Å². The average Bonchev–Trinajstić information content (AvgIpc) is 3.56. The van der Waals surface area contributed by atoms with Crippen molar-refractivity contribution in [3.8, 4) is 39.8 Å². The minimum absolute atomic E-state index is 0.0112. The SMILES string of the molecule is COC(=O)C[C@@H]1COc2cc(O[C@@H]3CCc4c3ccc(C#N)c4-c3c(C)cc(-c4cncnc4)cc3C)ccc21. The van der Waals surface area contributed by atoms with Crippen LogP contribution in [0.15, 0.2) is 61.2 Å². The number of esters is 1. The summed E-state index contributed by atoms with van der Waals surface area (Å²) in [6, 6.07) is 16.5. The lowest BCUT2D eigenvalue weighted by Crippen LogP contribution is -2.09. The number of ether oxygens (including phenoxy) is 3. The van der Waals surface area contributed by atoms with Crippen molar-refractivity contribution in [1.29, 1.82) is 5.26 Å². The first-order valence-corrected chi connectivity index (χ1v) is 13.4. The predicted octanol–water partition coefficient (Wildman–Crippen LogP) is 6.40. The van der Waals surface area contributed by atoms with E-state index in [1.54, 1.807) is 0 Å². The van der Waals surface area contributed by atoms with E-state index < -0.39 is 0 Å². The molecule has 40 heavy (non-hydrogen) atoms. The molecule has 6 rings (SSSR count). The topological polar surface area (TPSA) is 94.3 Å². The van der Waals surface area contributed by atoms with Crippen LogP contribution < -0.4 is 9.47 Å². The zero-order valence-electron chi connectivity index (χ0n) is 22.7. The smallest absolute Gasteiger partial charge is 0.306 e. The number of hydrogen-bond donors (Lipinski definition) is 0. The highest BCUT2D eigenvalue weighted by molar-refractivity contribution is 5.83. The highest BCUT2D eigenvalue weighted by atomic mass is 16.5. The van der Waals surface area contributed by atoms with Gasteiger partial charge in [-0.2, -0.15) is 5.26 Å². The molecule has 0 radical (unpaired) electrons. The van der Waals surface area contributed by atoms with Crippen LogP contribution in [0.1, 0.15) is 58.2 Å². The van der Waals surface area contributed by atoms with Crippen LogP contribution in [-0.2, 0) is 16.0 Å². The lowest BCUT2D eigenvalue weighted by Gasteiger charge is -2.19. The maximum absolute atomic E-state index is 11.8. The fourth-order valence-corrected chi connectivity index (χ4v) is 6.09. The molecule has 0 fully saturated rings. The van der Waals surface area contributed by atoms with E-state index in [0.29, 0.717) is 18.6 Å². The summed E-state index contributed by atoms with van der Waals surface area (Å²) in [7, 11) is 1.40. The third kappa shape index (κ3) is 4.56. The van der Waals surface area contributed by atoms with E-state index in [-0.39, 0.29) is 18.0 Å². The van der Waals surface area contributed by atoms with E-state index in [0.717, 1.165) is 68.8 Å². The number of benzene rings is 3. The fraction of sp³-hybridized carbons (Fsp3) is 0.273. The van der Waals surface area contributed by atoms with Gasteiger partial charge in [0.05, 0.1) is 31.8 Å². The van der Waals surface area contributed by atoms with Crippen LogP contribution in [0.5, 0.6) is 11.5 Å². The summed E-state index contributed by atoms with van der Waals surface area (Å²) in [6.45, 7) is 4.64. The summed E-state index contributed by atoms with van der Waals surface area (Å²) in [6.07, 6.45) is 6.95. The Labute approximate surface area is 233 Å². The number of hydrogen-bond acceptors (Lipinski definition) is 7. The zero-order valence-corrected chi connectivity index (χ0v) is 22.7. The molecule has 0 spiro atoms. The van der Waals surface area contributed by atoms with Crippen LogP contribution >= 0.6 is 0 Å². The third-order valence-corrected chi connectivity index (χ3v) is 7.93. The van der Waals surface area contributed by atoms with E-state index in [1.165, 1.54) is 19.0 Å². The zero-order chi connectivity index (χ0) is 27.8. The lowest BCUT2D eigenvalue weighted by atomic mass is 9.86. The molecule has 0 amide bonds. The van der Waals surface area contributed by atoms with Crippen LogP contribution in [0.25, 0.3) is 22.3 Å². The Morgan fingerprint density at radius 3 is 2.50 bits per heavy atom. The van der Waals surface area contributed by atoms with Crippen LogP contribution in [0.2, 0.25) is 0 Å². The number of methoxy groups -OCH3 is 1. The summed E-state index contributed by atoms with van der Waals surface area (Å²) >= 11 is 0. The van der Waals surface area contributed by atoms with Crippen molar-refractivity contribution < 1.29 is 19.0 Å². The molecular formula is C33H29N3O4. The number of fused-ring (bicyclic) bond motifs is 2. The van der Waals surface area contributed by atoms with Crippen LogP contribution in [-0.4, -0.2) is 29.7 Å². The Morgan fingerprint density at radius 2 is 1.77 bits per heavy atom. The molecule has 7 nitrogen and oxygen atoms in total. The Hall–Kier alpha value is -4.70. The molecule has 0 saturated heterocycles. The largest absolute Gasteiger partial charge is 0.492 e. The summed E-state index contributed by atoms with van der Waals surface area (Å²) in [5.74, 6) is 1.22. The van der Waals surface area contributed by atoms with Crippen molar-refractivity contribution >= 4 is 5.97 Å². The molecular weight excluding hydrogens is 502 g/mol. The van der Waals surface area contributed by atoms with Gasteiger partial charge < -0.3 is 14.2 Å². The summed E-state index contributed by atoms with van der Waals surface area (Å²) < 4.78 is 17.2. The molecule has 2 heterocycles. The predicted molar refractivity (Wildman–Crippen MR) is 150 cm³/mol. The first-order chi connectivity index (χ1) is 19.5. The molecule has 3 aromatic carbocycles. The maximum atomic E-state index is 11.8. The summed E-state index contributed by atoms with van der Waals surface area (Å²) in [5.41, 5.74) is 10.3. The van der Waals surface area contributed by atoms with E-state index >= 15 is 0 Å². The van der Waals surface area contributed by atoms with Crippen LogP contribution in [0, 0.1) is 25.2 Å². The van der Waals surface area contributed by atoms with E-state index in [1.807, 2.05) is 42.7 Å². The molecule has 200 valence electrons. The molecule has 0 bridgehead atoms. The Balaban J connectivity index is 1.32. The second kappa shape index (κ2) is 10.5. The van der Waals surface area contributed by atoms with Gasteiger partial charge in [0.2, 0.25) is 0 Å². The molecule has 1 aromatic heterocycles. The average molecular weight is 532 g/mol. The van der Waals surface area contributed by atoms with Gasteiger partial charge in [-0.25, -0.2) is 9.97 Å². The van der Waals surface area contributed by atoms with Gasteiger partial charge in [-0.15, -0.1) is 0 Å². The molecule has 2 aliphatic rings. The Kier molecular flexibility index (Phi) is 6.69. The van der Waals surface area contributed by atoms with E-state index in [2.05, 4.69) is 42.0 Å². The number of carbonyl (C=O) groups is 1. The van der Waals surface area contributed by atoms with Gasteiger partial charge in [0, 0.05) is 41.1 Å². The number of carbonyl (C=O) groups excluding carboxylic acids is 1. The van der Waals surface area contributed by atoms with Crippen molar-refractivity contribution in [3.05, 3.63) is 94.6 Å².